The molecule has 0 unspecified atom stereocenters. The summed E-state index contributed by atoms with van der Waals surface area (Å²) in [7, 11) is 0. The second-order valence-electron chi connectivity index (χ2n) is 13.4. The standard InChI is InChI=1S/C24H51N.C16H35N/c1-3-5-7-9-11-13-15-17-19-21-23-25-24-22-20-18-16-14-12-10-8-6-4-2;1-3-5-7-9-11-13-15-17-16-14-12-10-8-6-4-2/h25H,3-24H2,1-2H3;17H,3-16H2,1-2H3. The van der Waals surface area contributed by atoms with Gasteiger partial charge in [0.25, 0.3) is 0 Å². The molecule has 0 amide bonds. The molecule has 0 heterocycles. The molecule has 0 aliphatic heterocycles. The molecule has 0 aromatic carbocycles. The highest BCUT2D eigenvalue weighted by molar-refractivity contribution is 4.54. The Labute approximate surface area is 269 Å². The Balaban J connectivity index is 0. The van der Waals surface area contributed by atoms with Crippen LogP contribution in [0.1, 0.15) is 233 Å². The van der Waals surface area contributed by atoms with Gasteiger partial charge < -0.3 is 10.6 Å². The van der Waals surface area contributed by atoms with Crippen molar-refractivity contribution in [2.45, 2.75) is 233 Å². The molecule has 2 nitrogen and oxygen atoms in total. The van der Waals surface area contributed by atoms with Crippen LogP contribution in [0, 0.1) is 0 Å². The predicted molar refractivity (Wildman–Crippen MR) is 196 cm³/mol. The van der Waals surface area contributed by atoms with Gasteiger partial charge in [0, 0.05) is 0 Å². The van der Waals surface area contributed by atoms with Crippen LogP contribution in [0.15, 0.2) is 0 Å². The average molecular weight is 595 g/mol. The second kappa shape index (κ2) is 45.4. The van der Waals surface area contributed by atoms with E-state index in [0.29, 0.717) is 0 Å². The fourth-order valence-corrected chi connectivity index (χ4v) is 5.79. The van der Waals surface area contributed by atoms with Crippen LogP contribution < -0.4 is 10.6 Å². The van der Waals surface area contributed by atoms with E-state index in [1.807, 2.05) is 0 Å². The number of nitrogens with one attached hydrogen (secondary N) is 2. The van der Waals surface area contributed by atoms with Crippen molar-refractivity contribution in [2.24, 2.45) is 0 Å². The highest BCUT2D eigenvalue weighted by Crippen LogP contribution is 2.11. The minimum Gasteiger partial charge on any atom is -0.317 e. The molecule has 0 radical (unpaired) electrons. The lowest BCUT2D eigenvalue weighted by Gasteiger charge is -2.05. The molecule has 42 heavy (non-hydrogen) atoms. The van der Waals surface area contributed by atoms with Crippen LogP contribution in [-0.4, -0.2) is 26.2 Å². The Hall–Kier alpha value is -0.0800. The van der Waals surface area contributed by atoms with E-state index < -0.39 is 0 Å². The van der Waals surface area contributed by atoms with E-state index >= 15 is 0 Å². The van der Waals surface area contributed by atoms with E-state index in [0.717, 1.165) is 0 Å². The number of unbranched alkanes of at least 4 members (excludes halogenated alkanes) is 28. The molecule has 0 saturated carbocycles. The molecule has 2 N–H and O–H groups in total. The summed E-state index contributed by atoms with van der Waals surface area (Å²) in [5.74, 6) is 0. The Morgan fingerprint density at radius 2 is 0.333 bits per heavy atom. The van der Waals surface area contributed by atoms with E-state index in [-0.39, 0.29) is 0 Å². The highest BCUT2D eigenvalue weighted by Gasteiger charge is 1.95. The molecule has 0 fully saturated rings. The van der Waals surface area contributed by atoms with Crippen LogP contribution in [0.3, 0.4) is 0 Å². The van der Waals surface area contributed by atoms with Crippen molar-refractivity contribution in [2.75, 3.05) is 26.2 Å². The fourth-order valence-electron chi connectivity index (χ4n) is 5.79. The summed E-state index contributed by atoms with van der Waals surface area (Å²) in [5, 5.41) is 7.20. The van der Waals surface area contributed by atoms with Crippen LogP contribution in [-0.2, 0) is 0 Å². The van der Waals surface area contributed by atoms with E-state index in [1.54, 1.807) is 0 Å². The maximum absolute atomic E-state index is 3.64. The smallest absolute Gasteiger partial charge is 0.00489 e. The normalized spacial score (nSPS) is 11.1. The molecule has 0 aliphatic rings. The monoisotopic (exact) mass is 595 g/mol. The van der Waals surface area contributed by atoms with Gasteiger partial charge in [-0.15, -0.1) is 0 Å². The molecule has 0 aliphatic carbocycles. The highest BCUT2D eigenvalue weighted by atomic mass is 14.8. The lowest BCUT2D eigenvalue weighted by molar-refractivity contribution is 0.525. The van der Waals surface area contributed by atoms with Crippen molar-refractivity contribution in [3.63, 3.8) is 0 Å². The topological polar surface area (TPSA) is 24.1 Å². The molecular formula is C40H86N2. The van der Waals surface area contributed by atoms with Crippen LogP contribution in [0.4, 0.5) is 0 Å². The lowest BCUT2D eigenvalue weighted by atomic mass is 10.1. The molecule has 0 atom stereocenters. The fraction of sp³-hybridized carbons (Fsp3) is 1.00. The van der Waals surface area contributed by atoms with Gasteiger partial charge >= 0.3 is 0 Å². The van der Waals surface area contributed by atoms with Crippen molar-refractivity contribution >= 4 is 0 Å². The van der Waals surface area contributed by atoms with Gasteiger partial charge in [0.15, 0.2) is 0 Å². The first-order valence-electron chi connectivity index (χ1n) is 20.2. The van der Waals surface area contributed by atoms with Crippen LogP contribution >= 0.6 is 0 Å². The Bertz CT molecular complexity index is 374. The van der Waals surface area contributed by atoms with Crippen molar-refractivity contribution in [1.82, 2.24) is 10.6 Å². The van der Waals surface area contributed by atoms with E-state index in [4.69, 9.17) is 0 Å². The van der Waals surface area contributed by atoms with Crippen molar-refractivity contribution in [3.05, 3.63) is 0 Å². The Kier molecular flexibility index (Phi) is 47.6. The zero-order valence-corrected chi connectivity index (χ0v) is 30.5. The van der Waals surface area contributed by atoms with Crippen molar-refractivity contribution < 1.29 is 0 Å². The number of rotatable bonds is 36. The van der Waals surface area contributed by atoms with Gasteiger partial charge in [0.2, 0.25) is 0 Å². The third-order valence-electron chi connectivity index (χ3n) is 8.83. The lowest BCUT2D eigenvalue weighted by Crippen LogP contribution is -2.16. The minimum absolute atomic E-state index is 1.24. The second-order valence-corrected chi connectivity index (χ2v) is 13.4. The number of hydrogen-bond acceptors (Lipinski definition) is 2. The van der Waals surface area contributed by atoms with E-state index in [1.165, 1.54) is 232 Å². The van der Waals surface area contributed by atoms with E-state index in [2.05, 4.69) is 38.3 Å². The van der Waals surface area contributed by atoms with Crippen LogP contribution in [0.5, 0.6) is 0 Å². The summed E-state index contributed by atoms with van der Waals surface area (Å²) in [6.45, 7) is 14.1. The molecule has 0 rings (SSSR count). The van der Waals surface area contributed by atoms with Gasteiger partial charge in [-0.25, -0.2) is 0 Å². The first kappa shape index (κ1) is 44.0. The zero-order valence-electron chi connectivity index (χ0n) is 30.5. The zero-order chi connectivity index (χ0) is 30.9. The van der Waals surface area contributed by atoms with E-state index in [9.17, 15) is 0 Å². The van der Waals surface area contributed by atoms with Gasteiger partial charge in [-0.1, -0.05) is 207 Å². The summed E-state index contributed by atoms with van der Waals surface area (Å²) in [6, 6.07) is 0. The minimum atomic E-state index is 1.24. The molecule has 0 bridgehead atoms. The van der Waals surface area contributed by atoms with Crippen LogP contribution in [0.25, 0.3) is 0 Å². The van der Waals surface area contributed by atoms with Crippen LogP contribution in [0.2, 0.25) is 0 Å². The Morgan fingerprint density at radius 1 is 0.190 bits per heavy atom. The summed E-state index contributed by atoms with van der Waals surface area (Å²) in [4.78, 5) is 0. The predicted octanol–water partition coefficient (Wildman–Crippen LogP) is 13.7. The summed E-state index contributed by atoms with van der Waals surface area (Å²) >= 11 is 0. The third kappa shape index (κ3) is 46.9. The van der Waals surface area contributed by atoms with Gasteiger partial charge in [0.05, 0.1) is 0 Å². The summed E-state index contributed by atoms with van der Waals surface area (Å²) in [5.41, 5.74) is 0. The maximum atomic E-state index is 3.64. The first-order chi connectivity index (χ1) is 20.8. The van der Waals surface area contributed by atoms with Crippen molar-refractivity contribution in [3.8, 4) is 0 Å². The molecule has 2 heteroatoms. The molecule has 256 valence electrons. The molecule has 0 aromatic heterocycles. The maximum Gasteiger partial charge on any atom is -0.00489 e. The molecule has 0 spiro atoms. The van der Waals surface area contributed by atoms with Gasteiger partial charge in [-0.2, -0.15) is 0 Å². The SMILES string of the molecule is CCCCCCCCCCCCNCCCCCCCCCCCC.CCCCCCCCNCCCCCCCC. The van der Waals surface area contributed by atoms with Gasteiger partial charge in [-0.05, 0) is 51.9 Å². The number of hydrogen-bond donors (Lipinski definition) is 2. The summed E-state index contributed by atoms with van der Waals surface area (Å²) < 4.78 is 0. The van der Waals surface area contributed by atoms with Crippen molar-refractivity contribution in [1.29, 1.82) is 0 Å². The third-order valence-corrected chi connectivity index (χ3v) is 8.83. The Morgan fingerprint density at radius 3 is 0.500 bits per heavy atom. The van der Waals surface area contributed by atoms with Gasteiger partial charge in [-0.3, -0.25) is 0 Å². The first-order valence-corrected chi connectivity index (χ1v) is 20.2. The summed E-state index contributed by atoms with van der Waals surface area (Å²) in [6.07, 6.45) is 45.7. The molecular weight excluding hydrogens is 508 g/mol. The quantitative estimate of drug-likeness (QED) is 0.0705. The largest absolute Gasteiger partial charge is 0.317 e. The molecule has 0 saturated heterocycles. The average Bonchev–Trinajstić information content (AvgIpc) is 3.00. The van der Waals surface area contributed by atoms with Gasteiger partial charge in [0.1, 0.15) is 0 Å². The molecule has 0 aromatic rings.